The topological polar surface area (TPSA) is 23.6 Å². The molecular formula is C52H40N2O. The van der Waals surface area contributed by atoms with Gasteiger partial charge in [-0.25, -0.2) is 0 Å². The van der Waals surface area contributed by atoms with E-state index in [1.807, 2.05) is 12.1 Å². The zero-order chi connectivity index (χ0) is 37.1. The van der Waals surface area contributed by atoms with E-state index in [2.05, 4.69) is 187 Å². The second kappa shape index (κ2) is 13.0. The van der Waals surface area contributed by atoms with Crippen LogP contribution in [0.5, 0.6) is 0 Å². The molecular weight excluding hydrogens is 669 g/mol. The molecule has 0 bridgehead atoms. The van der Waals surface area contributed by atoms with Crippen LogP contribution in [0.25, 0.3) is 43.4 Å². The van der Waals surface area contributed by atoms with E-state index in [0.717, 1.165) is 58.7 Å². The molecule has 0 radical (unpaired) electrons. The number of nitrogens with zero attached hydrogens (tertiary/aromatic N) is 2. The Morgan fingerprint density at radius 3 is 1.49 bits per heavy atom. The molecule has 9 aromatic rings. The summed E-state index contributed by atoms with van der Waals surface area (Å²) in [6, 6.07) is 63.1. The third-order valence-electron chi connectivity index (χ3n) is 11.7. The molecule has 0 aliphatic heterocycles. The maximum Gasteiger partial charge on any atom is 0.150 e. The van der Waals surface area contributed by atoms with Crippen LogP contribution in [-0.4, -0.2) is 6.29 Å². The molecule has 9 aromatic carbocycles. The number of benzene rings is 9. The zero-order valence-electron chi connectivity index (χ0n) is 31.0. The molecule has 0 heterocycles. The molecule has 10 rings (SSSR count). The van der Waals surface area contributed by atoms with E-state index in [1.54, 1.807) is 0 Å². The molecule has 3 nitrogen and oxygen atoms in total. The monoisotopic (exact) mass is 708 g/mol. The predicted octanol–water partition coefficient (Wildman–Crippen LogP) is 14.2. The average Bonchev–Trinajstić information content (AvgIpc) is 3.24. The molecule has 0 amide bonds. The first kappa shape index (κ1) is 32.9. The summed E-state index contributed by atoms with van der Waals surface area (Å²) in [5.74, 6) is 0. The standard InChI is InChI=1S/C52H40N2O/c1-52(2)30-29-37-31-47(53(38-15-7-3-8-16-38)39-17-9-4-10-18-39)43-28-27-42-44(36-25-23-35(34-55)24-26-36)33-48(45-32-46(52)49(37)51(43)50(42)45)54(40-19-11-5-12-20-40)41-21-13-6-14-22-41/h3-28,31-34H,29-30H2,1-2H3. The number of rotatable bonds is 8. The van der Waals surface area contributed by atoms with Crippen LogP contribution in [-0.2, 0) is 11.8 Å². The summed E-state index contributed by atoms with van der Waals surface area (Å²) in [6.45, 7) is 4.84. The van der Waals surface area contributed by atoms with Crippen LogP contribution in [0.2, 0.25) is 0 Å². The molecule has 0 unspecified atom stereocenters. The summed E-state index contributed by atoms with van der Waals surface area (Å²) in [4.78, 5) is 16.6. The first-order valence-corrected chi connectivity index (χ1v) is 19.2. The van der Waals surface area contributed by atoms with Gasteiger partial charge in [-0.1, -0.05) is 123 Å². The summed E-state index contributed by atoms with van der Waals surface area (Å²) < 4.78 is 0. The van der Waals surface area contributed by atoms with Gasteiger partial charge in [0.25, 0.3) is 0 Å². The van der Waals surface area contributed by atoms with Gasteiger partial charge in [-0.2, -0.15) is 0 Å². The van der Waals surface area contributed by atoms with Crippen molar-refractivity contribution in [3.8, 4) is 11.1 Å². The number of aldehydes is 1. The average molecular weight is 709 g/mol. The number of carbonyl (C=O) groups excluding carboxylic acids is 1. The van der Waals surface area contributed by atoms with Crippen molar-refractivity contribution in [2.45, 2.75) is 32.1 Å². The minimum Gasteiger partial charge on any atom is -0.310 e. The SMILES string of the molecule is CC1(C)CCc2cc(N(c3ccccc3)c3ccccc3)c3ccc4c(-c5ccc(C=O)cc5)cc(N(c5ccccc5)c5ccccc5)c5cc1c2c3c45. The van der Waals surface area contributed by atoms with Crippen molar-refractivity contribution in [1.29, 1.82) is 0 Å². The van der Waals surface area contributed by atoms with Crippen LogP contribution >= 0.6 is 0 Å². The molecule has 1 aliphatic carbocycles. The van der Waals surface area contributed by atoms with Crippen LogP contribution in [0.4, 0.5) is 34.1 Å². The number of carbonyl (C=O) groups is 1. The highest BCUT2D eigenvalue weighted by molar-refractivity contribution is 6.32. The van der Waals surface area contributed by atoms with Gasteiger partial charge in [0.05, 0.1) is 11.4 Å². The molecule has 1 aliphatic rings. The second-order valence-corrected chi connectivity index (χ2v) is 15.4. The van der Waals surface area contributed by atoms with Gasteiger partial charge in [0.2, 0.25) is 0 Å². The van der Waals surface area contributed by atoms with Crippen LogP contribution in [0.3, 0.4) is 0 Å². The van der Waals surface area contributed by atoms with Crippen molar-refractivity contribution in [2.75, 3.05) is 9.80 Å². The quantitative estimate of drug-likeness (QED) is 0.116. The smallest absolute Gasteiger partial charge is 0.150 e. The van der Waals surface area contributed by atoms with Crippen molar-refractivity contribution in [2.24, 2.45) is 0 Å². The summed E-state index contributed by atoms with van der Waals surface area (Å²) in [6.07, 6.45) is 2.99. The van der Waals surface area contributed by atoms with Crippen LogP contribution in [0.15, 0.2) is 176 Å². The van der Waals surface area contributed by atoms with Crippen molar-refractivity contribution in [3.05, 3.63) is 193 Å². The van der Waals surface area contributed by atoms with E-state index >= 15 is 0 Å². The van der Waals surface area contributed by atoms with E-state index in [4.69, 9.17) is 0 Å². The third-order valence-corrected chi connectivity index (χ3v) is 11.7. The maximum atomic E-state index is 11.8. The second-order valence-electron chi connectivity index (χ2n) is 15.4. The Kier molecular flexibility index (Phi) is 7.78. The summed E-state index contributed by atoms with van der Waals surface area (Å²) in [5, 5.41) is 7.63. The van der Waals surface area contributed by atoms with Crippen LogP contribution in [0.1, 0.15) is 41.8 Å². The Bertz CT molecular complexity index is 2750. The molecule has 0 saturated heterocycles. The summed E-state index contributed by atoms with van der Waals surface area (Å²) in [5.41, 5.74) is 12.4. The molecule has 0 atom stereocenters. The number of para-hydroxylation sites is 4. The van der Waals surface area contributed by atoms with E-state index in [-0.39, 0.29) is 5.41 Å². The number of aryl methyl sites for hydroxylation is 1. The maximum absolute atomic E-state index is 11.8. The van der Waals surface area contributed by atoms with E-state index in [0.29, 0.717) is 5.56 Å². The normalized spacial score (nSPS) is 13.3. The highest BCUT2D eigenvalue weighted by Crippen LogP contribution is 2.54. The van der Waals surface area contributed by atoms with Gasteiger partial charge in [0, 0.05) is 49.9 Å². The largest absolute Gasteiger partial charge is 0.310 e. The van der Waals surface area contributed by atoms with Gasteiger partial charge in [-0.15, -0.1) is 0 Å². The van der Waals surface area contributed by atoms with Crippen LogP contribution < -0.4 is 9.80 Å². The molecule has 55 heavy (non-hydrogen) atoms. The fraction of sp³-hybridized carbons (Fsp3) is 0.0962. The lowest BCUT2D eigenvalue weighted by Crippen LogP contribution is -2.24. The number of hydrogen-bond donors (Lipinski definition) is 0. The first-order chi connectivity index (χ1) is 27.0. The molecule has 0 aromatic heterocycles. The van der Waals surface area contributed by atoms with E-state index < -0.39 is 0 Å². The summed E-state index contributed by atoms with van der Waals surface area (Å²) in [7, 11) is 0. The molecule has 0 saturated carbocycles. The fourth-order valence-electron chi connectivity index (χ4n) is 8.97. The Balaban J connectivity index is 1.40. The van der Waals surface area contributed by atoms with Crippen molar-refractivity contribution < 1.29 is 4.79 Å². The van der Waals surface area contributed by atoms with E-state index in [1.165, 1.54) is 49.1 Å². The molecule has 264 valence electrons. The fourth-order valence-corrected chi connectivity index (χ4v) is 8.97. The Morgan fingerprint density at radius 1 is 0.491 bits per heavy atom. The molecule has 0 N–H and O–H groups in total. The van der Waals surface area contributed by atoms with Gasteiger partial charge in [-0.05, 0) is 118 Å². The number of anilines is 6. The Morgan fingerprint density at radius 2 is 0.982 bits per heavy atom. The highest BCUT2D eigenvalue weighted by Gasteiger charge is 2.33. The minimum atomic E-state index is -0.0230. The van der Waals surface area contributed by atoms with E-state index in [9.17, 15) is 4.79 Å². The summed E-state index contributed by atoms with van der Waals surface area (Å²) >= 11 is 0. The lowest BCUT2D eigenvalue weighted by molar-refractivity contribution is 0.112. The van der Waals surface area contributed by atoms with Gasteiger partial charge in [0.15, 0.2) is 0 Å². The van der Waals surface area contributed by atoms with Crippen molar-refractivity contribution >= 4 is 72.7 Å². The van der Waals surface area contributed by atoms with Crippen LogP contribution in [0, 0.1) is 0 Å². The van der Waals surface area contributed by atoms with Gasteiger partial charge in [-0.3, -0.25) is 4.79 Å². The first-order valence-electron chi connectivity index (χ1n) is 19.2. The molecule has 0 fully saturated rings. The third kappa shape index (κ3) is 5.38. The lowest BCUT2D eigenvalue weighted by atomic mass is 9.70. The predicted molar refractivity (Wildman–Crippen MR) is 232 cm³/mol. The zero-order valence-corrected chi connectivity index (χ0v) is 31.0. The van der Waals surface area contributed by atoms with Gasteiger partial charge >= 0.3 is 0 Å². The van der Waals surface area contributed by atoms with Crippen molar-refractivity contribution in [1.82, 2.24) is 0 Å². The molecule has 0 spiro atoms. The lowest BCUT2D eigenvalue weighted by Gasteiger charge is -2.37. The van der Waals surface area contributed by atoms with Gasteiger partial charge in [0.1, 0.15) is 6.29 Å². The minimum absolute atomic E-state index is 0.0230. The van der Waals surface area contributed by atoms with Crippen molar-refractivity contribution in [3.63, 3.8) is 0 Å². The Labute approximate surface area is 322 Å². The van der Waals surface area contributed by atoms with Gasteiger partial charge < -0.3 is 9.80 Å². The molecule has 3 heteroatoms. The Hall–Kier alpha value is -6.71. The number of hydrogen-bond acceptors (Lipinski definition) is 3. The highest BCUT2D eigenvalue weighted by atomic mass is 16.1.